The molecule has 0 saturated heterocycles. The van der Waals surface area contributed by atoms with Crippen LogP contribution in [0.1, 0.15) is 50.3 Å². The van der Waals surface area contributed by atoms with Gasteiger partial charge in [0.25, 0.3) is 0 Å². The number of benzene rings is 3. The summed E-state index contributed by atoms with van der Waals surface area (Å²) in [6.07, 6.45) is -5.34. The first kappa shape index (κ1) is 26.5. The Morgan fingerprint density at radius 3 is 2.14 bits per heavy atom. The third-order valence-corrected chi connectivity index (χ3v) is 5.86. The van der Waals surface area contributed by atoms with Crippen LogP contribution in [0.4, 0.5) is 23.2 Å². The third-order valence-electron chi connectivity index (χ3n) is 5.86. The number of rotatable bonds is 9. The van der Waals surface area contributed by atoms with Crippen molar-refractivity contribution in [3.05, 3.63) is 89.2 Å². The Kier molecular flexibility index (Phi) is 8.43. The summed E-state index contributed by atoms with van der Waals surface area (Å²) in [6, 6.07) is 17.5. The standard InChI is InChI=1S/C28H31F4NO2/c1-18(2)20-7-5-9-24(13-20)35-25-10-6-8-23(15-25)33(17-27(34)19(3)4)16-21-11-12-22(14-26(21)29)28(30,31)32/h5-15,18-19,27,34H,16-17H2,1-4H3. The molecule has 1 unspecified atom stereocenters. The van der Waals surface area contributed by atoms with Crippen molar-refractivity contribution >= 4 is 5.69 Å². The molecule has 1 N–H and O–H groups in total. The van der Waals surface area contributed by atoms with Crippen LogP contribution in [0, 0.1) is 11.7 Å². The van der Waals surface area contributed by atoms with Crippen molar-refractivity contribution in [2.45, 2.75) is 52.4 Å². The van der Waals surface area contributed by atoms with Crippen molar-refractivity contribution in [3.63, 3.8) is 0 Å². The topological polar surface area (TPSA) is 32.7 Å². The van der Waals surface area contributed by atoms with Gasteiger partial charge in [0, 0.05) is 30.4 Å². The molecular weight excluding hydrogens is 458 g/mol. The Morgan fingerprint density at radius 2 is 1.54 bits per heavy atom. The second-order valence-electron chi connectivity index (χ2n) is 9.32. The zero-order valence-corrected chi connectivity index (χ0v) is 20.3. The highest BCUT2D eigenvalue weighted by Crippen LogP contribution is 2.32. The number of hydrogen-bond donors (Lipinski definition) is 1. The minimum atomic E-state index is -4.62. The SMILES string of the molecule is CC(C)c1cccc(Oc2cccc(N(Cc3ccc(C(F)(F)F)cc3F)CC(O)C(C)C)c2)c1. The normalized spacial score (nSPS) is 12.8. The number of aliphatic hydroxyl groups is 1. The molecule has 188 valence electrons. The molecule has 0 fully saturated rings. The quantitative estimate of drug-likeness (QED) is 0.312. The summed E-state index contributed by atoms with van der Waals surface area (Å²) in [5.41, 5.74) is 0.857. The van der Waals surface area contributed by atoms with Crippen molar-refractivity contribution in [1.29, 1.82) is 0 Å². The molecule has 7 heteroatoms. The van der Waals surface area contributed by atoms with Gasteiger partial charge in [-0.3, -0.25) is 0 Å². The molecule has 3 aromatic carbocycles. The Balaban J connectivity index is 1.89. The molecule has 0 spiro atoms. The predicted octanol–water partition coefficient (Wildman–Crippen LogP) is 7.78. The van der Waals surface area contributed by atoms with Crippen molar-refractivity contribution in [2.75, 3.05) is 11.4 Å². The fourth-order valence-corrected chi connectivity index (χ4v) is 3.57. The van der Waals surface area contributed by atoms with Crippen LogP contribution in [0.25, 0.3) is 0 Å². The van der Waals surface area contributed by atoms with E-state index in [-0.39, 0.29) is 24.6 Å². The average molecular weight is 490 g/mol. The smallest absolute Gasteiger partial charge is 0.416 e. The van der Waals surface area contributed by atoms with Gasteiger partial charge in [0.05, 0.1) is 11.7 Å². The van der Waals surface area contributed by atoms with E-state index in [1.807, 2.05) is 38.1 Å². The number of hydrogen-bond acceptors (Lipinski definition) is 3. The van der Waals surface area contributed by atoms with Gasteiger partial charge in [-0.1, -0.05) is 52.0 Å². The van der Waals surface area contributed by atoms with Crippen molar-refractivity contribution in [1.82, 2.24) is 0 Å². The molecule has 0 saturated carbocycles. The van der Waals surface area contributed by atoms with Gasteiger partial charge in [-0.2, -0.15) is 13.2 Å². The molecule has 35 heavy (non-hydrogen) atoms. The molecule has 0 radical (unpaired) electrons. The molecule has 0 aliphatic heterocycles. The summed E-state index contributed by atoms with van der Waals surface area (Å²) < 4.78 is 59.5. The van der Waals surface area contributed by atoms with E-state index in [9.17, 15) is 22.7 Å². The van der Waals surface area contributed by atoms with Gasteiger partial charge in [0.1, 0.15) is 17.3 Å². The Bertz CT molecular complexity index is 1130. The van der Waals surface area contributed by atoms with Crippen LogP contribution in [-0.2, 0) is 12.7 Å². The second-order valence-corrected chi connectivity index (χ2v) is 9.32. The fourth-order valence-electron chi connectivity index (χ4n) is 3.57. The summed E-state index contributed by atoms with van der Waals surface area (Å²) in [5, 5.41) is 10.5. The van der Waals surface area contributed by atoms with Crippen LogP contribution in [0.5, 0.6) is 11.5 Å². The van der Waals surface area contributed by atoms with Crippen molar-refractivity contribution < 1.29 is 27.4 Å². The first-order valence-electron chi connectivity index (χ1n) is 11.6. The van der Waals surface area contributed by atoms with Crippen LogP contribution in [0.15, 0.2) is 66.7 Å². The van der Waals surface area contributed by atoms with E-state index < -0.39 is 23.7 Å². The molecule has 1 atom stereocenters. The maximum absolute atomic E-state index is 14.6. The van der Waals surface area contributed by atoms with Crippen molar-refractivity contribution in [2.24, 2.45) is 5.92 Å². The Labute approximate surface area is 204 Å². The summed E-state index contributed by atoms with van der Waals surface area (Å²) >= 11 is 0. The maximum Gasteiger partial charge on any atom is 0.416 e. The van der Waals surface area contributed by atoms with Gasteiger partial charge in [-0.05, 0) is 53.8 Å². The lowest BCUT2D eigenvalue weighted by Crippen LogP contribution is -2.35. The predicted molar refractivity (Wildman–Crippen MR) is 130 cm³/mol. The summed E-state index contributed by atoms with van der Waals surface area (Å²) in [4.78, 5) is 1.74. The number of ether oxygens (including phenoxy) is 1. The molecule has 0 bridgehead atoms. The molecule has 0 aliphatic rings. The lowest BCUT2D eigenvalue weighted by atomic mass is 10.0. The second kappa shape index (κ2) is 11.1. The van der Waals surface area contributed by atoms with Gasteiger partial charge in [-0.15, -0.1) is 0 Å². The Morgan fingerprint density at radius 1 is 0.886 bits per heavy atom. The lowest BCUT2D eigenvalue weighted by molar-refractivity contribution is -0.137. The number of alkyl halides is 3. The lowest BCUT2D eigenvalue weighted by Gasteiger charge is -2.29. The molecule has 0 heterocycles. The maximum atomic E-state index is 14.6. The largest absolute Gasteiger partial charge is 0.457 e. The zero-order chi connectivity index (χ0) is 25.8. The minimum Gasteiger partial charge on any atom is -0.457 e. The van der Waals surface area contributed by atoms with E-state index >= 15 is 0 Å². The highest BCUT2D eigenvalue weighted by Gasteiger charge is 2.31. The van der Waals surface area contributed by atoms with E-state index in [0.29, 0.717) is 29.2 Å². The van der Waals surface area contributed by atoms with Crippen LogP contribution in [0.3, 0.4) is 0 Å². The molecule has 0 amide bonds. The monoisotopic (exact) mass is 489 g/mol. The van der Waals surface area contributed by atoms with E-state index in [1.165, 1.54) is 0 Å². The molecular formula is C28H31F4NO2. The number of anilines is 1. The first-order valence-corrected chi connectivity index (χ1v) is 11.6. The van der Waals surface area contributed by atoms with Gasteiger partial charge in [-0.25, -0.2) is 4.39 Å². The van der Waals surface area contributed by atoms with Gasteiger partial charge >= 0.3 is 6.18 Å². The van der Waals surface area contributed by atoms with Crippen LogP contribution < -0.4 is 9.64 Å². The number of halogens is 4. The highest BCUT2D eigenvalue weighted by molar-refractivity contribution is 5.52. The van der Waals surface area contributed by atoms with Gasteiger partial charge in [0.2, 0.25) is 0 Å². The molecule has 3 aromatic rings. The number of nitrogens with zero attached hydrogens (tertiary/aromatic N) is 1. The number of aliphatic hydroxyl groups excluding tert-OH is 1. The van der Waals surface area contributed by atoms with Crippen LogP contribution in [-0.4, -0.2) is 17.8 Å². The molecule has 3 nitrogen and oxygen atoms in total. The van der Waals surface area contributed by atoms with E-state index in [2.05, 4.69) is 13.8 Å². The van der Waals surface area contributed by atoms with E-state index in [4.69, 9.17) is 4.74 Å². The fraction of sp³-hybridized carbons (Fsp3) is 0.357. The molecule has 0 aromatic heterocycles. The summed E-state index contributed by atoms with van der Waals surface area (Å²) in [5.74, 6) is 0.572. The average Bonchev–Trinajstić information content (AvgIpc) is 2.79. The van der Waals surface area contributed by atoms with Crippen LogP contribution >= 0.6 is 0 Å². The van der Waals surface area contributed by atoms with Crippen LogP contribution in [0.2, 0.25) is 0 Å². The minimum absolute atomic E-state index is 0.0139. The molecule has 3 rings (SSSR count). The van der Waals surface area contributed by atoms with Gasteiger partial charge < -0.3 is 14.7 Å². The third kappa shape index (κ3) is 7.21. The first-order chi connectivity index (χ1) is 16.4. The Hall–Kier alpha value is -3.06. The van der Waals surface area contributed by atoms with Gasteiger partial charge in [0.15, 0.2) is 0 Å². The zero-order valence-electron chi connectivity index (χ0n) is 20.3. The summed E-state index contributed by atoms with van der Waals surface area (Å²) in [6.45, 7) is 8.08. The highest BCUT2D eigenvalue weighted by atomic mass is 19.4. The molecule has 0 aliphatic carbocycles. The van der Waals surface area contributed by atoms with E-state index in [0.717, 1.165) is 17.7 Å². The summed E-state index contributed by atoms with van der Waals surface area (Å²) in [7, 11) is 0. The van der Waals surface area contributed by atoms with Crippen molar-refractivity contribution in [3.8, 4) is 11.5 Å². The van der Waals surface area contributed by atoms with E-state index in [1.54, 1.807) is 29.2 Å².